The number of hydrogen-bond donors (Lipinski definition) is 1. The van der Waals surface area contributed by atoms with Crippen LogP contribution in [0.1, 0.15) is 16.3 Å². The zero-order chi connectivity index (χ0) is 11.7. The van der Waals surface area contributed by atoms with E-state index in [9.17, 15) is 4.79 Å². The number of carbonyl (C=O) groups is 1. The zero-order valence-corrected chi connectivity index (χ0v) is 9.01. The smallest absolute Gasteiger partial charge is 0.354 e. The van der Waals surface area contributed by atoms with Crippen molar-refractivity contribution in [2.75, 3.05) is 0 Å². The molecular weight excluding hydrogens is 206 g/mol. The Morgan fingerprint density at radius 3 is 2.56 bits per heavy atom. The lowest BCUT2D eigenvalue weighted by Crippen LogP contribution is -2.06. The lowest BCUT2D eigenvalue weighted by atomic mass is 10.1. The third kappa shape index (κ3) is 1.56. The first-order valence-electron chi connectivity index (χ1n) is 4.78. The molecule has 0 fully saturated rings. The highest BCUT2D eigenvalue weighted by molar-refractivity contribution is 5.93. The van der Waals surface area contributed by atoms with Crippen molar-refractivity contribution in [3.05, 3.63) is 36.0 Å². The van der Waals surface area contributed by atoms with Crippen molar-refractivity contribution in [3.63, 3.8) is 0 Å². The monoisotopic (exact) mass is 217 g/mol. The van der Waals surface area contributed by atoms with Gasteiger partial charge in [0, 0.05) is 25.0 Å². The van der Waals surface area contributed by atoms with Crippen molar-refractivity contribution in [2.45, 2.75) is 6.92 Å². The Kier molecular flexibility index (Phi) is 2.44. The fraction of sp³-hybridized carbons (Fsp3) is 0.182. The molecule has 0 amide bonds. The summed E-state index contributed by atoms with van der Waals surface area (Å²) in [4.78, 5) is 19.3. The van der Waals surface area contributed by atoms with Crippen LogP contribution in [0, 0.1) is 6.92 Å². The fourth-order valence-corrected chi connectivity index (χ4v) is 1.57. The molecule has 2 rings (SSSR count). The Bertz CT molecular complexity index is 532. The number of carboxylic acid groups (broad SMARTS) is 1. The van der Waals surface area contributed by atoms with E-state index in [0.29, 0.717) is 11.5 Å². The third-order valence-corrected chi connectivity index (χ3v) is 2.48. The van der Waals surface area contributed by atoms with Crippen LogP contribution in [0.3, 0.4) is 0 Å². The highest BCUT2D eigenvalue weighted by Crippen LogP contribution is 2.22. The molecule has 0 spiro atoms. The molecule has 2 aromatic heterocycles. The first-order valence-corrected chi connectivity index (χ1v) is 4.78. The molecule has 2 heterocycles. The predicted molar refractivity (Wildman–Crippen MR) is 58.1 cm³/mol. The van der Waals surface area contributed by atoms with E-state index in [1.54, 1.807) is 43.1 Å². The Hall–Kier alpha value is -2.17. The Balaban J connectivity index is 2.66. The molecule has 0 saturated carbocycles. The second kappa shape index (κ2) is 3.77. The number of nitrogens with zero attached hydrogens (tertiary/aromatic N) is 3. The van der Waals surface area contributed by atoms with Gasteiger partial charge in [-0.2, -0.15) is 0 Å². The van der Waals surface area contributed by atoms with Gasteiger partial charge in [0.05, 0.1) is 0 Å². The molecule has 16 heavy (non-hydrogen) atoms. The molecular formula is C11H11N3O2. The van der Waals surface area contributed by atoms with Crippen LogP contribution in [0.15, 0.2) is 24.5 Å². The van der Waals surface area contributed by atoms with Crippen LogP contribution in [-0.2, 0) is 7.05 Å². The summed E-state index contributed by atoms with van der Waals surface area (Å²) >= 11 is 0. The topological polar surface area (TPSA) is 68.0 Å². The predicted octanol–water partition coefficient (Wildman–Crippen LogP) is 1.49. The highest BCUT2D eigenvalue weighted by atomic mass is 16.4. The highest BCUT2D eigenvalue weighted by Gasteiger charge is 2.19. The molecule has 0 aromatic carbocycles. The fourth-order valence-electron chi connectivity index (χ4n) is 1.57. The van der Waals surface area contributed by atoms with Crippen molar-refractivity contribution in [1.29, 1.82) is 0 Å². The summed E-state index contributed by atoms with van der Waals surface area (Å²) in [7, 11) is 1.69. The van der Waals surface area contributed by atoms with Gasteiger partial charge in [-0.05, 0) is 19.1 Å². The quantitative estimate of drug-likeness (QED) is 0.827. The zero-order valence-electron chi connectivity index (χ0n) is 9.01. The Labute approximate surface area is 92.4 Å². The van der Waals surface area contributed by atoms with E-state index in [0.717, 1.165) is 5.56 Å². The minimum Gasteiger partial charge on any atom is -0.477 e. The van der Waals surface area contributed by atoms with Gasteiger partial charge in [0.25, 0.3) is 0 Å². The number of carboxylic acids is 1. The molecule has 0 bridgehead atoms. The average molecular weight is 217 g/mol. The lowest BCUT2D eigenvalue weighted by Gasteiger charge is -2.00. The number of imidazole rings is 1. The summed E-state index contributed by atoms with van der Waals surface area (Å²) in [6.07, 6.45) is 3.23. The minimum atomic E-state index is -0.977. The summed E-state index contributed by atoms with van der Waals surface area (Å²) in [6, 6.07) is 3.49. The molecule has 0 aliphatic rings. The van der Waals surface area contributed by atoms with Crippen LogP contribution in [0.2, 0.25) is 0 Å². The summed E-state index contributed by atoms with van der Waals surface area (Å²) in [5, 5.41) is 9.14. The molecule has 2 aromatic rings. The van der Waals surface area contributed by atoms with E-state index in [4.69, 9.17) is 5.11 Å². The lowest BCUT2D eigenvalue weighted by molar-refractivity contribution is 0.0687. The van der Waals surface area contributed by atoms with Crippen LogP contribution in [-0.4, -0.2) is 25.6 Å². The maximum absolute atomic E-state index is 11.2. The SMILES string of the molecule is Cc1nc(-c2ccncc2)c(C(=O)O)n1C. The van der Waals surface area contributed by atoms with Crippen LogP contribution in [0.5, 0.6) is 0 Å². The van der Waals surface area contributed by atoms with Gasteiger partial charge < -0.3 is 9.67 Å². The number of aromatic carboxylic acids is 1. The minimum absolute atomic E-state index is 0.198. The summed E-state index contributed by atoms with van der Waals surface area (Å²) in [5.41, 5.74) is 1.44. The van der Waals surface area contributed by atoms with Crippen LogP contribution >= 0.6 is 0 Å². The first-order chi connectivity index (χ1) is 7.61. The van der Waals surface area contributed by atoms with Crippen molar-refractivity contribution in [3.8, 4) is 11.3 Å². The molecule has 0 aliphatic heterocycles. The van der Waals surface area contributed by atoms with Crippen LogP contribution < -0.4 is 0 Å². The van der Waals surface area contributed by atoms with E-state index >= 15 is 0 Å². The number of aromatic nitrogens is 3. The van der Waals surface area contributed by atoms with Gasteiger partial charge in [-0.3, -0.25) is 4.98 Å². The van der Waals surface area contributed by atoms with Gasteiger partial charge in [0.1, 0.15) is 11.5 Å². The van der Waals surface area contributed by atoms with Crippen LogP contribution in [0.25, 0.3) is 11.3 Å². The van der Waals surface area contributed by atoms with Gasteiger partial charge >= 0.3 is 5.97 Å². The van der Waals surface area contributed by atoms with Crippen LogP contribution in [0.4, 0.5) is 0 Å². The Morgan fingerprint density at radius 1 is 1.38 bits per heavy atom. The molecule has 0 saturated heterocycles. The molecule has 0 atom stereocenters. The molecule has 82 valence electrons. The molecule has 5 heteroatoms. The average Bonchev–Trinajstić information content (AvgIpc) is 2.57. The van der Waals surface area contributed by atoms with Gasteiger partial charge in [-0.15, -0.1) is 0 Å². The molecule has 0 unspecified atom stereocenters. The molecule has 0 aliphatic carbocycles. The Morgan fingerprint density at radius 2 is 2.00 bits per heavy atom. The van der Waals surface area contributed by atoms with Gasteiger partial charge in [-0.25, -0.2) is 9.78 Å². The van der Waals surface area contributed by atoms with Crippen molar-refractivity contribution < 1.29 is 9.90 Å². The van der Waals surface area contributed by atoms with Gasteiger partial charge in [0.15, 0.2) is 5.69 Å². The summed E-state index contributed by atoms with van der Waals surface area (Å²) < 4.78 is 1.57. The van der Waals surface area contributed by atoms with Crippen molar-refractivity contribution >= 4 is 5.97 Å². The van der Waals surface area contributed by atoms with E-state index in [1.807, 2.05) is 0 Å². The molecule has 5 nitrogen and oxygen atoms in total. The first kappa shape index (κ1) is 10.4. The summed E-state index contributed by atoms with van der Waals surface area (Å²) in [5.74, 6) is -0.306. The van der Waals surface area contributed by atoms with Gasteiger partial charge in [-0.1, -0.05) is 0 Å². The van der Waals surface area contributed by atoms with E-state index in [2.05, 4.69) is 9.97 Å². The second-order valence-electron chi connectivity index (χ2n) is 3.46. The standard InChI is InChI=1S/C11H11N3O2/c1-7-13-9(8-3-5-12-6-4-8)10(11(15)16)14(7)2/h3-6H,1-2H3,(H,15,16). The second-order valence-corrected chi connectivity index (χ2v) is 3.46. The number of hydrogen-bond acceptors (Lipinski definition) is 3. The number of pyridine rings is 1. The van der Waals surface area contributed by atoms with E-state index < -0.39 is 5.97 Å². The van der Waals surface area contributed by atoms with Crippen molar-refractivity contribution in [1.82, 2.24) is 14.5 Å². The number of aryl methyl sites for hydroxylation is 1. The third-order valence-electron chi connectivity index (χ3n) is 2.48. The number of rotatable bonds is 2. The normalized spacial score (nSPS) is 10.4. The van der Waals surface area contributed by atoms with E-state index in [1.165, 1.54) is 0 Å². The molecule has 1 N–H and O–H groups in total. The summed E-state index contributed by atoms with van der Waals surface area (Å²) in [6.45, 7) is 1.77. The van der Waals surface area contributed by atoms with Crippen molar-refractivity contribution in [2.24, 2.45) is 7.05 Å². The maximum atomic E-state index is 11.2. The largest absolute Gasteiger partial charge is 0.477 e. The molecule has 0 radical (unpaired) electrons. The van der Waals surface area contributed by atoms with E-state index in [-0.39, 0.29) is 5.69 Å². The van der Waals surface area contributed by atoms with Gasteiger partial charge in [0.2, 0.25) is 0 Å². The maximum Gasteiger partial charge on any atom is 0.354 e.